The first-order chi connectivity index (χ1) is 14.3. The maximum Gasteiger partial charge on any atom is 0.200 e. The van der Waals surface area contributed by atoms with Gasteiger partial charge in [0.2, 0.25) is 0 Å². The Morgan fingerprint density at radius 2 is 1.14 bits per heavy atom. The molecule has 4 heteroatoms. The van der Waals surface area contributed by atoms with Crippen LogP contribution in [0.25, 0.3) is 0 Å². The lowest BCUT2D eigenvalue weighted by Gasteiger charge is -2.31. The van der Waals surface area contributed by atoms with Gasteiger partial charge >= 0.3 is 0 Å². The fourth-order valence-electron chi connectivity index (χ4n) is 4.46. The minimum Gasteiger partial charge on any atom is -0.478 e. The quantitative estimate of drug-likeness (QED) is 0.562. The predicted molar refractivity (Wildman–Crippen MR) is 117 cm³/mol. The second-order valence-electron chi connectivity index (χ2n) is 7.93. The third-order valence-corrected chi connectivity index (χ3v) is 5.84. The first-order valence-corrected chi connectivity index (χ1v) is 10.8. The molecule has 0 unspecified atom stereocenters. The zero-order valence-electron chi connectivity index (χ0n) is 17.4. The zero-order chi connectivity index (χ0) is 20.1. The van der Waals surface area contributed by atoms with Gasteiger partial charge in [-0.1, -0.05) is 87.4 Å². The van der Waals surface area contributed by atoms with Crippen molar-refractivity contribution in [1.82, 2.24) is 0 Å². The minimum atomic E-state index is -0.365. The van der Waals surface area contributed by atoms with Crippen molar-refractivity contribution in [2.75, 3.05) is 13.2 Å². The monoisotopic (exact) mass is 390 g/mol. The highest BCUT2D eigenvalue weighted by molar-refractivity contribution is 6.06. The molecule has 0 bridgehead atoms. The van der Waals surface area contributed by atoms with Crippen molar-refractivity contribution in [2.24, 2.45) is 15.4 Å². The summed E-state index contributed by atoms with van der Waals surface area (Å²) in [7, 11) is 0. The van der Waals surface area contributed by atoms with Crippen LogP contribution in [0.4, 0.5) is 0 Å². The van der Waals surface area contributed by atoms with E-state index in [1.165, 1.54) is 11.1 Å². The van der Waals surface area contributed by atoms with E-state index in [0.29, 0.717) is 13.2 Å². The van der Waals surface area contributed by atoms with Crippen LogP contribution in [0.5, 0.6) is 0 Å². The van der Waals surface area contributed by atoms with Crippen LogP contribution in [0, 0.1) is 5.41 Å². The van der Waals surface area contributed by atoms with Gasteiger partial charge in [0.05, 0.1) is 0 Å². The number of rotatable bonds is 8. The van der Waals surface area contributed by atoms with E-state index < -0.39 is 0 Å². The van der Waals surface area contributed by atoms with Gasteiger partial charge in [0.15, 0.2) is 11.8 Å². The molecule has 0 N–H and O–H groups in total. The Bertz CT molecular complexity index is 787. The largest absolute Gasteiger partial charge is 0.478 e. The molecule has 2 aromatic carbocycles. The van der Waals surface area contributed by atoms with E-state index in [2.05, 4.69) is 62.4 Å². The Kier molecular flexibility index (Phi) is 5.98. The van der Waals surface area contributed by atoms with Crippen molar-refractivity contribution in [1.29, 1.82) is 0 Å². The van der Waals surface area contributed by atoms with Crippen LogP contribution < -0.4 is 0 Å². The Morgan fingerprint density at radius 1 is 0.724 bits per heavy atom. The Balaban J connectivity index is 1.68. The molecule has 152 valence electrons. The van der Waals surface area contributed by atoms with Crippen LogP contribution in [0.3, 0.4) is 0 Å². The maximum atomic E-state index is 6.23. The standard InChI is InChI=1S/C25H30N2O2/c1-3-15-25(16-4-2,23-26-21(17-28-23)19-11-7-5-8-12-19)24-27-22(18-29-24)20-13-9-6-10-14-20/h5-14,21-22H,3-4,15-18H2,1-2H3/t21-,22-/m0/s1. The Labute approximate surface area is 173 Å². The highest BCUT2D eigenvalue weighted by Gasteiger charge is 2.47. The molecule has 2 aromatic rings. The normalized spacial score (nSPS) is 21.3. The molecule has 0 aliphatic carbocycles. The van der Waals surface area contributed by atoms with Crippen LogP contribution in [0.1, 0.15) is 62.7 Å². The molecule has 0 amide bonds. The number of hydrogen-bond donors (Lipinski definition) is 0. The molecule has 0 aromatic heterocycles. The van der Waals surface area contributed by atoms with Gasteiger partial charge in [-0.3, -0.25) is 0 Å². The molecule has 29 heavy (non-hydrogen) atoms. The van der Waals surface area contributed by atoms with E-state index in [1.807, 2.05) is 12.1 Å². The molecule has 2 aliphatic rings. The highest BCUT2D eigenvalue weighted by atomic mass is 16.5. The van der Waals surface area contributed by atoms with E-state index in [-0.39, 0.29) is 17.5 Å². The molecule has 0 saturated carbocycles. The molecule has 2 heterocycles. The molecule has 0 spiro atoms. The SMILES string of the molecule is CCCC(CCC)(C1=N[C@H](c2ccccc2)CO1)C1=N[C@H](c2ccccc2)CO1. The first-order valence-electron chi connectivity index (χ1n) is 10.8. The van der Waals surface area contributed by atoms with Crippen molar-refractivity contribution in [3.8, 4) is 0 Å². The van der Waals surface area contributed by atoms with Crippen LogP contribution >= 0.6 is 0 Å². The van der Waals surface area contributed by atoms with Crippen LogP contribution in [0.15, 0.2) is 70.6 Å². The molecule has 4 nitrogen and oxygen atoms in total. The zero-order valence-corrected chi connectivity index (χ0v) is 17.4. The summed E-state index contributed by atoms with van der Waals surface area (Å²) >= 11 is 0. The van der Waals surface area contributed by atoms with Gasteiger partial charge in [-0.25, -0.2) is 9.98 Å². The smallest absolute Gasteiger partial charge is 0.200 e. The van der Waals surface area contributed by atoms with Crippen LogP contribution in [-0.2, 0) is 9.47 Å². The van der Waals surface area contributed by atoms with E-state index >= 15 is 0 Å². The summed E-state index contributed by atoms with van der Waals surface area (Å²) in [5, 5.41) is 0. The van der Waals surface area contributed by atoms with Crippen molar-refractivity contribution in [3.05, 3.63) is 71.8 Å². The number of nitrogens with zero attached hydrogens (tertiary/aromatic N) is 2. The third-order valence-electron chi connectivity index (χ3n) is 5.84. The number of benzene rings is 2. The lowest BCUT2D eigenvalue weighted by atomic mass is 9.78. The number of aliphatic imine (C=N–C) groups is 2. The Hall–Kier alpha value is -2.62. The molecular formula is C25H30N2O2. The average molecular weight is 391 g/mol. The Morgan fingerprint density at radius 3 is 1.52 bits per heavy atom. The van der Waals surface area contributed by atoms with Gasteiger partial charge < -0.3 is 9.47 Å². The van der Waals surface area contributed by atoms with Gasteiger partial charge in [-0.2, -0.15) is 0 Å². The van der Waals surface area contributed by atoms with E-state index in [4.69, 9.17) is 19.5 Å². The summed E-state index contributed by atoms with van der Waals surface area (Å²) < 4.78 is 12.5. The molecule has 4 rings (SSSR count). The fourth-order valence-corrected chi connectivity index (χ4v) is 4.46. The van der Waals surface area contributed by atoms with Crippen molar-refractivity contribution in [2.45, 2.75) is 51.6 Å². The van der Waals surface area contributed by atoms with Crippen molar-refractivity contribution < 1.29 is 9.47 Å². The third kappa shape index (κ3) is 3.93. The van der Waals surface area contributed by atoms with Crippen LogP contribution in [-0.4, -0.2) is 25.0 Å². The van der Waals surface area contributed by atoms with Crippen molar-refractivity contribution >= 4 is 11.8 Å². The van der Waals surface area contributed by atoms with E-state index in [0.717, 1.165) is 37.5 Å². The first kappa shape index (κ1) is 19.7. The second kappa shape index (κ2) is 8.81. The van der Waals surface area contributed by atoms with Gasteiger partial charge in [0, 0.05) is 0 Å². The fraction of sp³-hybridized carbons (Fsp3) is 0.440. The summed E-state index contributed by atoms with van der Waals surface area (Å²) in [5.41, 5.74) is 2.03. The predicted octanol–water partition coefficient (Wildman–Crippen LogP) is 5.91. The van der Waals surface area contributed by atoms with Gasteiger partial charge in [-0.05, 0) is 24.0 Å². The molecular weight excluding hydrogens is 360 g/mol. The molecule has 2 aliphatic heterocycles. The minimum absolute atomic E-state index is 0.0474. The molecule has 0 radical (unpaired) electrons. The molecule has 0 saturated heterocycles. The summed E-state index contributed by atoms with van der Waals surface area (Å²) in [4.78, 5) is 10.1. The molecule has 2 atom stereocenters. The summed E-state index contributed by atoms with van der Waals surface area (Å²) in [6.07, 6.45) is 3.91. The topological polar surface area (TPSA) is 43.2 Å². The van der Waals surface area contributed by atoms with Gasteiger partial charge in [-0.15, -0.1) is 0 Å². The second-order valence-corrected chi connectivity index (χ2v) is 7.93. The van der Waals surface area contributed by atoms with E-state index in [1.54, 1.807) is 0 Å². The van der Waals surface area contributed by atoms with Crippen LogP contribution in [0.2, 0.25) is 0 Å². The highest BCUT2D eigenvalue weighted by Crippen LogP contribution is 2.42. The van der Waals surface area contributed by atoms with E-state index in [9.17, 15) is 0 Å². The lowest BCUT2D eigenvalue weighted by molar-refractivity contribution is 0.237. The number of ether oxygens (including phenoxy) is 2. The molecule has 0 fully saturated rings. The summed E-state index contributed by atoms with van der Waals surface area (Å²) in [5.74, 6) is 1.62. The summed E-state index contributed by atoms with van der Waals surface area (Å²) in [6, 6.07) is 20.9. The van der Waals surface area contributed by atoms with Gasteiger partial charge in [0.25, 0.3) is 0 Å². The number of hydrogen-bond acceptors (Lipinski definition) is 4. The van der Waals surface area contributed by atoms with Crippen molar-refractivity contribution in [3.63, 3.8) is 0 Å². The summed E-state index contributed by atoms with van der Waals surface area (Å²) in [6.45, 7) is 5.59. The lowest BCUT2D eigenvalue weighted by Crippen LogP contribution is -2.40. The maximum absolute atomic E-state index is 6.23. The average Bonchev–Trinajstić information content (AvgIpc) is 3.46. The van der Waals surface area contributed by atoms with Gasteiger partial charge in [0.1, 0.15) is 30.7 Å².